The van der Waals surface area contributed by atoms with Crippen LogP contribution in [0.25, 0.3) is 44.8 Å². The highest BCUT2D eigenvalue weighted by Crippen LogP contribution is 2.33. The first-order valence-electron chi connectivity index (χ1n) is 8.69. The lowest BCUT2D eigenvalue weighted by atomic mass is 9.99. The van der Waals surface area contributed by atoms with E-state index in [1.165, 1.54) is 16.7 Å². The van der Waals surface area contributed by atoms with E-state index in [4.69, 9.17) is 8.83 Å². The first-order chi connectivity index (χ1) is 12.7. The Balaban J connectivity index is 1.74. The van der Waals surface area contributed by atoms with Crippen LogP contribution in [0, 0.1) is 6.92 Å². The van der Waals surface area contributed by atoms with Crippen LogP contribution in [0.3, 0.4) is 0 Å². The van der Waals surface area contributed by atoms with Gasteiger partial charge in [0.05, 0.1) is 10.9 Å². The molecule has 0 bridgehead atoms. The maximum absolute atomic E-state index is 6.28. The van der Waals surface area contributed by atoms with E-state index in [9.17, 15) is 0 Å². The number of hydrogen-bond donors (Lipinski definition) is 0. The van der Waals surface area contributed by atoms with Gasteiger partial charge in [0.1, 0.15) is 12.6 Å². The largest absolute Gasteiger partial charge is 0.421 e. The molecule has 2 aromatic heterocycles. The quantitative estimate of drug-likeness (QED) is 0.389. The monoisotopic (exact) mass is 340 g/mol. The summed E-state index contributed by atoms with van der Waals surface area (Å²) >= 11 is 0. The fraction of sp³-hybridized carbons (Fsp3) is 0.0870. The van der Waals surface area contributed by atoms with Gasteiger partial charge >= 0.3 is 11.6 Å². The molecule has 0 radical (unpaired) electrons. The Kier molecular flexibility index (Phi) is 3.22. The van der Waals surface area contributed by atoms with Gasteiger partial charge in [-0.3, -0.25) is 0 Å². The van der Waals surface area contributed by atoms with E-state index in [1.807, 2.05) is 41.9 Å². The Bertz CT molecular complexity index is 1250. The Morgan fingerprint density at radius 3 is 2.38 bits per heavy atom. The van der Waals surface area contributed by atoms with Crippen molar-refractivity contribution in [1.82, 2.24) is 0 Å². The van der Waals surface area contributed by atoms with Crippen LogP contribution in [-0.4, -0.2) is 0 Å². The van der Waals surface area contributed by atoms with Crippen LogP contribution >= 0.6 is 0 Å². The number of nitrogens with zero attached hydrogens (tertiary/aromatic N) is 1. The number of fused-ring (bicyclic) bond motifs is 3. The SMILES string of the molecule is Cc1ccc(-c2ccccc2)cc1-c1oc2c3ccccc3oc2[n+]1C. The summed E-state index contributed by atoms with van der Waals surface area (Å²) < 4.78 is 14.3. The van der Waals surface area contributed by atoms with E-state index >= 15 is 0 Å². The van der Waals surface area contributed by atoms with Gasteiger partial charge in [-0.05, 0) is 41.8 Å². The molecule has 0 saturated heterocycles. The van der Waals surface area contributed by atoms with Crippen molar-refractivity contribution in [2.45, 2.75) is 6.92 Å². The third-order valence-electron chi connectivity index (χ3n) is 4.92. The summed E-state index contributed by atoms with van der Waals surface area (Å²) in [6.07, 6.45) is 0. The van der Waals surface area contributed by atoms with Gasteiger partial charge in [0.15, 0.2) is 0 Å². The van der Waals surface area contributed by atoms with Crippen LogP contribution < -0.4 is 4.57 Å². The minimum Gasteiger partial charge on any atom is -0.401 e. The standard InChI is InChI=1S/C23H18NO2/c1-15-12-13-17(16-8-4-3-5-9-16)14-19(15)22-24(2)23-21(26-22)18-10-6-7-11-20(18)25-23/h3-14H,1-2H3/q+1. The van der Waals surface area contributed by atoms with E-state index in [0.717, 1.165) is 33.7 Å². The third kappa shape index (κ3) is 2.17. The predicted octanol–water partition coefficient (Wildman–Crippen LogP) is 5.65. The maximum Gasteiger partial charge on any atom is 0.421 e. The Labute approximate surface area is 151 Å². The Morgan fingerprint density at radius 1 is 0.769 bits per heavy atom. The summed E-state index contributed by atoms with van der Waals surface area (Å²) in [4.78, 5) is 0. The smallest absolute Gasteiger partial charge is 0.401 e. The van der Waals surface area contributed by atoms with Crippen LogP contribution in [0.4, 0.5) is 0 Å². The Hall–Kier alpha value is -3.33. The number of para-hydroxylation sites is 1. The van der Waals surface area contributed by atoms with Crippen molar-refractivity contribution in [1.29, 1.82) is 0 Å². The molecule has 126 valence electrons. The molecule has 0 amide bonds. The third-order valence-corrected chi connectivity index (χ3v) is 4.92. The molecule has 0 N–H and O–H groups in total. The molecule has 2 heterocycles. The van der Waals surface area contributed by atoms with Gasteiger partial charge in [-0.25, -0.2) is 0 Å². The van der Waals surface area contributed by atoms with Crippen molar-refractivity contribution in [2.75, 3.05) is 0 Å². The molecule has 0 unspecified atom stereocenters. The fourth-order valence-corrected chi connectivity index (χ4v) is 3.48. The summed E-state index contributed by atoms with van der Waals surface area (Å²) in [5.41, 5.74) is 7.00. The average Bonchev–Trinajstić information content (AvgIpc) is 3.20. The summed E-state index contributed by atoms with van der Waals surface area (Å²) in [5, 5.41) is 1.00. The molecule has 0 atom stereocenters. The van der Waals surface area contributed by atoms with E-state index in [1.54, 1.807) is 0 Å². The van der Waals surface area contributed by atoms with Gasteiger partial charge in [-0.15, -0.1) is 4.57 Å². The van der Waals surface area contributed by atoms with Gasteiger partial charge in [0.25, 0.3) is 5.58 Å². The second-order valence-corrected chi connectivity index (χ2v) is 6.59. The minimum absolute atomic E-state index is 0.755. The number of hydrogen-bond acceptors (Lipinski definition) is 2. The molecule has 0 aliphatic heterocycles. The number of furan rings is 1. The van der Waals surface area contributed by atoms with E-state index in [0.29, 0.717) is 0 Å². The van der Waals surface area contributed by atoms with Gasteiger partial charge in [0, 0.05) is 0 Å². The highest BCUT2D eigenvalue weighted by Gasteiger charge is 2.28. The predicted molar refractivity (Wildman–Crippen MR) is 103 cm³/mol. The average molecular weight is 340 g/mol. The summed E-state index contributed by atoms with van der Waals surface area (Å²) in [5.74, 6) is 0.805. The summed E-state index contributed by atoms with van der Waals surface area (Å²) in [7, 11) is 1.98. The highest BCUT2D eigenvalue weighted by atomic mass is 16.4. The molecule has 0 saturated carbocycles. The molecule has 3 heteroatoms. The first kappa shape index (κ1) is 15.0. The molecule has 0 aliphatic carbocycles. The van der Waals surface area contributed by atoms with E-state index in [2.05, 4.69) is 49.4 Å². The van der Waals surface area contributed by atoms with Gasteiger partial charge in [-0.2, -0.15) is 0 Å². The number of aryl methyl sites for hydroxylation is 2. The fourth-order valence-electron chi connectivity index (χ4n) is 3.48. The maximum atomic E-state index is 6.28. The van der Waals surface area contributed by atoms with Gasteiger partial charge in [0.2, 0.25) is 0 Å². The van der Waals surface area contributed by atoms with Crippen LogP contribution in [0.2, 0.25) is 0 Å². The topological polar surface area (TPSA) is 30.2 Å². The van der Waals surface area contributed by atoms with Crippen molar-refractivity contribution in [2.24, 2.45) is 7.05 Å². The molecule has 3 nitrogen and oxygen atoms in total. The van der Waals surface area contributed by atoms with Crippen molar-refractivity contribution < 1.29 is 13.4 Å². The zero-order chi connectivity index (χ0) is 17.7. The number of rotatable bonds is 2. The molecule has 26 heavy (non-hydrogen) atoms. The summed E-state index contributed by atoms with van der Waals surface area (Å²) in [6.45, 7) is 2.10. The number of benzene rings is 3. The molecule has 0 spiro atoms. The van der Waals surface area contributed by atoms with E-state index < -0.39 is 0 Å². The lowest BCUT2D eigenvalue weighted by Gasteiger charge is -2.05. The van der Waals surface area contributed by atoms with Gasteiger partial charge in [-0.1, -0.05) is 54.6 Å². The minimum atomic E-state index is 0.755. The Morgan fingerprint density at radius 2 is 1.54 bits per heavy atom. The van der Waals surface area contributed by atoms with Gasteiger partial charge < -0.3 is 8.83 Å². The number of aromatic nitrogens is 1. The zero-order valence-electron chi connectivity index (χ0n) is 14.7. The second kappa shape index (κ2) is 5.60. The van der Waals surface area contributed by atoms with Crippen LogP contribution in [-0.2, 0) is 7.05 Å². The van der Waals surface area contributed by atoms with Crippen molar-refractivity contribution >= 4 is 22.3 Å². The molecule has 5 rings (SSSR count). The van der Waals surface area contributed by atoms with Crippen molar-refractivity contribution in [3.8, 4) is 22.6 Å². The highest BCUT2D eigenvalue weighted by molar-refractivity contribution is 5.99. The van der Waals surface area contributed by atoms with Crippen molar-refractivity contribution in [3.05, 3.63) is 78.4 Å². The van der Waals surface area contributed by atoms with E-state index in [-0.39, 0.29) is 0 Å². The second-order valence-electron chi connectivity index (χ2n) is 6.59. The molecule has 0 aliphatic rings. The molecular weight excluding hydrogens is 322 g/mol. The van der Waals surface area contributed by atoms with Crippen LogP contribution in [0.5, 0.6) is 0 Å². The van der Waals surface area contributed by atoms with Crippen molar-refractivity contribution in [3.63, 3.8) is 0 Å². The van der Waals surface area contributed by atoms with Crippen LogP contribution in [0.1, 0.15) is 5.56 Å². The summed E-state index contributed by atoms with van der Waals surface area (Å²) in [6, 6.07) is 24.8. The van der Waals surface area contributed by atoms with Crippen LogP contribution in [0.15, 0.2) is 81.6 Å². The molecule has 5 aromatic rings. The molecular formula is C23H18NO2+. The molecule has 3 aromatic carbocycles. The first-order valence-corrected chi connectivity index (χ1v) is 8.69. The normalized spacial score (nSPS) is 11.5. The number of oxazole rings is 1. The zero-order valence-corrected chi connectivity index (χ0v) is 14.7. The lowest BCUT2D eigenvalue weighted by molar-refractivity contribution is -0.644. The molecule has 0 fully saturated rings. The lowest BCUT2D eigenvalue weighted by Crippen LogP contribution is -2.28.